The van der Waals surface area contributed by atoms with Gasteiger partial charge in [0.1, 0.15) is 0 Å². The van der Waals surface area contributed by atoms with Crippen LogP contribution in [-0.4, -0.2) is 45.9 Å². The summed E-state index contributed by atoms with van der Waals surface area (Å²) in [6.45, 7) is 4.35. The minimum Gasteiger partial charge on any atom is -0.468 e. The van der Waals surface area contributed by atoms with Crippen LogP contribution >= 0.6 is 0 Å². The lowest BCUT2D eigenvalue weighted by Gasteiger charge is -2.10. The minimum absolute atomic E-state index is 0.298. The molecule has 0 aromatic carbocycles. The number of nitrogens with zero attached hydrogens (tertiary/aromatic N) is 4. The number of nitrogens with two attached hydrogens (primary N) is 1. The van der Waals surface area contributed by atoms with E-state index in [-0.39, 0.29) is 0 Å². The van der Waals surface area contributed by atoms with Crippen molar-refractivity contribution in [2.24, 2.45) is 0 Å². The van der Waals surface area contributed by atoms with Gasteiger partial charge in [-0.3, -0.25) is 4.57 Å². The van der Waals surface area contributed by atoms with Gasteiger partial charge in [0.2, 0.25) is 0 Å². The standard InChI is InChI=1S/C18H29N5O3/c1-3-4-11-26-17-21-15(19)14-16(22-17)23(18(20-14)24-2)10-6-5-8-13-9-7-12-25-13/h13H,3-12H2,1-2H3,(H2,19,21,22). The number of aromatic nitrogens is 4. The minimum atomic E-state index is 0.298. The van der Waals surface area contributed by atoms with Gasteiger partial charge in [-0.05, 0) is 38.5 Å². The fourth-order valence-electron chi connectivity index (χ4n) is 3.22. The van der Waals surface area contributed by atoms with E-state index in [4.69, 9.17) is 19.9 Å². The average molecular weight is 363 g/mol. The fraction of sp³-hybridized carbons (Fsp3) is 0.722. The van der Waals surface area contributed by atoms with Gasteiger partial charge in [0.15, 0.2) is 17.0 Å². The Morgan fingerprint density at radius 1 is 1.23 bits per heavy atom. The van der Waals surface area contributed by atoms with Crippen LogP contribution in [0.5, 0.6) is 12.0 Å². The number of imidazole rings is 1. The molecule has 0 bridgehead atoms. The van der Waals surface area contributed by atoms with Crippen LogP contribution in [0.4, 0.5) is 5.82 Å². The predicted octanol–water partition coefficient (Wildman–Crippen LogP) is 2.95. The van der Waals surface area contributed by atoms with Crippen LogP contribution in [0.15, 0.2) is 0 Å². The van der Waals surface area contributed by atoms with E-state index in [2.05, 4.69) is 21.9 Å². The summed E-state index contributed by atoms with van der Waals surface area (Å²) in [5, 5.41) is 0. The first-order valence-electron chi connectivity index (χ1n) is 9.55. The van der Waals surface area contributed by atoms with Gasteiger partial charge in [-0.2, -0.15) is 15.0 Å². The van der Waals surface area contributed by atoms with Gasteiger partial charge in [-0.25, -0.2) is 0 Å². The van der Waals surface area contributed by atoms with Crippen molar-refractivity contribution in [3.8, 4) is 12.0 Å². The lowest BCUT2D eigenvalue weighted by molar-refractivity contribution is 0.102. The predicted molar refractivity (Wildman–Crippen MR) is 99.5 cm³/mol. The molecular weight excluding hydrogens is 334 g/mol. The number of hydrogen-bond donors (Lipinski definition) is 1. The molecule has 2 aromatic heterocycles. The molecule has 0 amide bonds. The second kappa shape index (κ2) is 9.02. The molecule has 144 valence electrons. The van der Waals surface area contributed by atoms with Crippen LogP contribution in [0.3, 0.4) is 0 Å². The summed E-state index contributed by atoms with van der Waals surface area (Å²) in [5.74, 6) is 0.318. The highest BCUT2D eigenvalue weighted by atomic mass is 16.5. The highest BCUT2D eigenvalue weighted by molar-refractivity contribution is 5.83. The van der Waals surface area contributed by atoms with Crippen LogP contribution in [0.25, 0.3) is 11.2 Å². The Balaban J connectivity index is 1.71. The summed E-state index contributed by atoms with van der Waals surface area (Å²) in [5.41, 5.74) is 7.28. The smallest absolute Gasteiger partial charge is 0.320 e. The number of methoxy groups -OCH3 is 1. The van der Waals surface area contributed by atoms with Gasteiger partial charge >= 0.3 is 6.01 Å². The number of aryl methyl sites for hydroxylation is 1. The van der Waals surface area contributed by atoms with E-state index in [0.717, 1.165) is 45.3 Å². The third-order valence-corrected chi connectivity index (χ3v) is 4.66. The van der Waals surface area contributed by atoms with E-state index in [0.29, 0.717) is 41.7 Å². The highest BCUT2D eigenvalue weighted by Crippen LogP contribution is 2.26. The van der Waals surface area contributed by atoms with Crippen molar-refractivity contribution in [1.82, 2.24) is 19.5 Å². The molecule has 3 heterocycles. The van der Waals surface area contributed by atoms with E-state index in [1.807, 2.05) is 4.57 Å². The summed E-state index contributed by atoms with van der Waals surface area (Å²) in [4.78, 5) is 13.2. The maximum absolute atomic E-state index is 6.06. The molecule has 1 aliphatic rings. The van der Waals surface area contributed by atoms with Gasteiger partial charge in [-0.1, -0.05) is 13.3 Å². The molecule has 1 saturated heterocycles. The first-order valence-corrected chi connectivity index (χ1v) is 9.55. The van der Waals surface area contributed by atoms with Crippen molar-refractivity contribution < 1.29 is 14.2 Å². The molecule has 2 N–H and O–H groups in total. The summed E-state index contributed by atoms with van der Waals surface area (Å²) >= 11 is 0. The second-order valence-corrected chi connectivity index (χ2v) is 6.65. The maximum atomic E-state index is 6.06. The quantitative estimate of drug-likeness (QED) is 0.648. The lowest BCUT2D eigenvalue weighted by Crippen LogP contribution is -2.08. The summed E-state index contributed by atoms with van der Waals surface area (Å²) < 4.78 is 18.7. The lowest BCUT2D eigenvalue weighted by atomic mass is 10.1. The normalized spacial score (nSPS) is 17.1. The van der Waals surface area contributed by atoms with E-state index in [1.165, 1.54) is 12.8 Å². The topological polar surface area (TPSA) is 97.3 Å². The van der Waals surface area contributed by atoms with Crippen LogP contribution in [0.1, 0.15) is 51.9 Å². The third kappa shape index (κ3) is 4.35. The van der Waals surface area contributed by atoms with E-state index in [9.17, 15) is 0 Å². The SMILES string of the molecule is CCCCOc1nc(N)c2nc(OC)n(CCCCC3CCCO3)c2n1. The van der Waals surface area contributed by atoms with E-state index >= 15 is 0 Å². The van der Waals surface area contributed by atoms with Crippen molar-refractivity contribution >= 4 is 17.0 Å². The molecule has 8 heteroatoms. The number of rotatable bonds is 10. The Hall–Kier alpha value is -2.09. The van der Waals surface area contributed by atoms with Crippen molar-refractivity contribution in [3.05, 3.63) is 0 Å². The molecule has 8 nitrogen and oxygen atoms in total. The summed E-state index contributed by atoms with van der Waals surface area (Å²) in [6, 6.07) is 0.801. The highest BCUT2D eigenvalue weighted by Gasteiger charge is 2.18. The first-order chi connectivity index (χ1) is 12.7. The molecule has 0 spiro atoms. The van der Waals surface area contributed by atoms with Crippen molar-refractivity contribution in [3.63, 3.8) is 0 Å². The van der Waals surface area contributed by atoms with E-state index < -0.39 is 0 Å². The first kappa shape index (κ1) is 18.7. The average Bonchev–Trinajstić information content (AvgIpc) is 3.27. The van der Waals surface area contributed by atoms with Gasteiger partial charge < -0.3 is 19.9 Å². The molecule has 1 unspecified atom stereocenters. The maximum Gasteiger partial charge on any atom is 0.320 e. The number of fused-ring (bicyclic) bond motifs is 1. The van der Waals surface area contributed by atoms with Crippen LogP contribution in [0, 0.1) is 0 Å². The fourth-order valence-corrected chi connectivity index (χ4v) is 3.22. The summed E-state index contributed by atoms with van der Waals surface area (Å²) in [6.07, 6.45) is 7.97. The Labute approximate surface area is 154 Å². The zero-order valence-electron chi connectivity index (χ0n) is 15.7. The van der Waals surface area contributed by atoms with Crippen molar-refractivity contribution in [1.29, 1.82) is 0 Å². The number of hydrogen-bond acceptors (Lipinski definition) is 7. The zero-order chi connectivity index (χ0) is 18.4. The van der Waals surface area contributed by atoms with Crippen molar-refractivity contribution in [2.45, 2.75) is 64.5 Å². The Morgan fingerprint density at radius 3 is 2.85 bits per heavy atom. The van der Waals surface area contributed by atoms with Crippen LogP contribution in [-0.2, 0) is 11.3 Å². The molecule has 2 aromatic rings. The molecule has 1 aliphatic heterocycles. The molecule has 0 aliphatic carbocycles. The zero-order valence-corrected chi connectivity index (χ0v) is 15.7. The van der Waals surface area contributed by atoms with Crippen LogP contribution in [0.2, 0.25) is 0 Å². The third-order valence-electron chi connectivity index (χ3n) is 4.66. The molecule has 26 heavy (non-hydrogen) atoms. The number of anilines is 1. The Kier molecular flexibility index (Phi) is 6.49. The largest absolute Gasteiger partial charge is 0.468 e. The van der Waals surface area contributed by atoms with Gasteiger partial charge in [0, 0.05) is 13.2 Å². The van der Waals surface area contributed by atoms with Gasteiger partial charge in [-0.15, -0.1) is 0 Å². The molecule has 1 atom stereocenters. The van der Waals surface area contributed by atoms with Gasteiger partial charge in [0.05, 0.1) is 19.8 Å². The number of ether oxygens (including phenoxy) is 3. The molecule has 0 saturated carbocycles. The number of unbranched alkanes of at least 4 members (excludes halogenated alkanes) is 2. The molecule has 3 rings (SSSR count). The molecule has 0 radical (unpaired) electrons. The monoisotopic (exact) mass is 363 g/mol. The summed E-state index contributed by atoms with van der Waals surface area (Å²) in [7, 11) is 1.60. The number of nitrogen functional groups attached to an aromatic ring is 1. The molecular formula is C18H29N5O3. The Morgan fingerprint density at radius 2 is 2.12 bits per heavy atom. The van der Waals surface area contributed by atoms with Crippen LogP contribution < -0.4 is 15.2 Å². The molecule has 1 fully saturated rings. The second-order valence-electron chi connectivity index (χ2n) is 6.65. The van der Waals surface area contributed by atoms with Crippen molar-refractivity contribution in [2.75, 3.05) is 26.1 Å². The Bertz CT molecular complexity index is 712. The van der Waals surface area contributed by atoms with Gasteiger partial charge in [0.25, 0.3) is 6.01 Å². The van der Waals surface area contributed by atoms with E-state index in [1.54, 1.807) is 7.11 Å².